The van der Waals surface area contributed by atoms with E-state index in [-0.39, 0.29) is 18.2 Å². The van der Waals surface area contributed by atoms with Gasteiger partial charge in [0.25, 0.3) is 0 Å². The molecule has 0 fully saturated rings. The zero-order chi connectivity index (χ0) is 18.7. The molecule has 0 aliphatic rings. The minimum atomic E-state index is -4.70. The summed E-state index contributed by atoms with van der Waals surface area (Å²) in [6, 6.07) is 13.1. The molecule has 0 amide bonds. The summed E-state index contributed by atoms with van der Waals surface area (Å²) in [6.07, 6.45) is -4.70. The highest BCUT2D eigenvalue weighted by Gasteiger charge is 2.38. The molecular formula is C18H13F3N2O3. The minimum absolute atomic E-state index is 0.150. The second-order valence-electron chi connectivity index (χ2n) is 5.53. The normalized spacial score (nSPS) is 11.4. The van der Waals surface area contributed by atoms with E-state index in [2.05, 4.69) is 14.7 Å². The van der Waals surface area contributed by atoms with Gasteiger partial charge in [0.15, 0.2) is 12.4 Å². The van der Waals surface area contributed by atoms with E-state index in [1.54, 1.807) is 6.07 Å². The number of Topliss-reactive ketones (excluding diaryl/α,β-unsaturated/α-hetero) is 1. The molecule has 1 aromatic heterocycles. The van der Waals surface area contributed by atoms with Crippen molar-refractivity contribution < 1.29 is 27.2 Å². The van der Waals surface area contributed by atoms with Crippen LogP contribution in [0.2, 0.25) is 0 Å². The zero-order valence-electron chi connectivity index (χ0n) is 13.6. The molecule has 5 nitrogen and oxygen atoms in total. The maximum Gasteiger partial charge on any atom is 0.471 e. The quantitative estimate of drug-likeness (QED) is 0.632. The van der Waals surface area contributed by atoms with E-state index in [1.807, 2.05) is 25.1 Å². The van der Waals surface area contributed by atoms with Gasteiger partial charge >= 0.3 is 12.1 Å². The third-order valence-electron chi connectivity index (χ3n) is 3.49. The Morgan fingerprint density at radius 1 is 1.15 bits per heavy atom. The molecule has 134 valence electrons. The predicted molar refractivity (Wildman–Crippen MR) is 85.7 cm³/mol. The number of hydrogen-bond donors (Lipinski definition) is 0. The predicted octanol–water partition coefficient (Wildman–Crippen LogP) is 4.33. The molecule has 1 heterocycles. The number of rotatable bonds is 5. The maximum atomic E-state index is 12.5. The van der Waals surface area contributed by atoms with Gasteiger partial charge in [-0.25, -0.2) is 0 Å². The first-order valence-corrected chi connectivity index (χ1v) is 7.57. The Morgan fingerprint density at radius 3 is 2.50 bits per heavy atom. The summed E-state index contributed by atoms with van der Waals surface area (Å²) in [6.45, 7) is 1.76. The molecule has 0 aliphatic carbocycles. The van der Waals surface area contributed by atoms with Crippen molar-refractivity contribution in [2.24, 2.45) is 0 Å². The second kappa shape index (κ2) is 6.99. The Labute approximate surface area is 146 Å². The van der Waals surface area contributed by atoms with Gasteiger partial charge in [-0.15, -0.1) is 0 Å². The van der Waals surface area contributed by atoms with Crippen molar-refractivity contribution in [3.05, 3.63) is 65.5 Å². The molecule has 0 unspecified atom stereocenters. The van der Waals surface area contributed by atoms with Crippen LogP contribution in [0.1, 0.15) is 21.8 Å². The van der Waals surface area contributed by atoms with Gasteiger partial charge in [0, 0.05) is 11.1 Å². The lowest BCUT2D eigenvalue weighted by molar-refractivity contribution is -0.159. The molecule has 0 aliphatic heterocycles. The van der Waals surface area contributed by atoms with Gasteiger partial charge < -0.3 is 9.26 Å². The van der Waals surface area contributed by atoms with Gasteiger partial charge in [-0.1, -0.05) is 41.6 Å². The number of hydrogen-bond acceptors (Lipinski definition) is 5. The molecule has 26 heavy (non-hydrogen) atoms. The van der Waals surface area contributed by atoms with E-state index in [9.17, 15) is 18.0 Å². The minimum Gasteiger partial charge on any atom is -0.485 e. The molecule has 2 aromatic carbocycles. The third kappa shape index (κ3) is 4.08. The molecule has 0 bridgehead atoms. The molecule has 0 spiro atoms. The van der Waals surface area contributed by atoms with E-state index in [0.29, 0.717) is 16.9 Å². The lowest BCUT2D eigenvalue weighted by Gasteiger charge is -2.06. The van der Waals surface area contributed by atoms with Crippen LogP contribution < -0.4 is 4.74 Å². The smallest absolute Gasteiger partial charge is 0.471 e. The van der Waals surface area contributed by atoms with Crippen molar-refractivity contribution in [2.45, 2.75) is 13.1 Å². The molecular weight excluding hydrogens is 349 g/mol. The number of aryl methyl sites for hydroxylation is 1. The Balaban J connectivity index is 1.67. The summed E-state index contributed by atoms with van der Waals surface area (Å²) in [5.74, 6) is -1.30. The van der Waals surface area contributed by atoms with E-state index in [1.165, 1.54) is 24.3 Å². The maximum absolute atomic E-state index is 12.5. The standard InChI is InChI=1S/C18H13F3N2O3/c1-11-3-2-4-14(9-11)25-10-15(24)12-5-7-13(8-6-12)16-22-17(26-23-16)18(19,20)21/h2-9H,10H2,1H3. The number of ether oxygens (including phenoxy) is 1. The van der Waals surface area contributed by atoms with Crippen LogP contribution in [0, 0.1) is 6.92 Å². The summed E-state index contributed by atoms with van der Waals surface area (Å²) in [7, 11) is 0. The van der Waals surface area contributed by atoms with Crippen molar-refractivity contribution in [1.29, 1.82) is 0 Å². The molecule has 0 radical (unpaired) electrons. The molecule has 8 heteroatoms. The monoisotopic (exact) mass is 362 g/mol. The lowest BCUT2D eigenvalue weighted by Crippen LogP contribution is -2.11. The van der Waals surface area contributed by atoms with Gasteiger partial charge in [-0.05, 0) is 24.6 Å². The Kier molecular flexibility index (Phi) is 4.75. The average molecular weight is 362 g/mol. The van der Waals surface area contributed by atoms with Crippen LogP contribution in [-0.4, -0.2) is 22.5 Å². The molecule has 0 atom stereocenters. The Bertz CT molecular complexity index is 918. The number of carbonyl (C=O) groups is 1. The number of alkyl halides is 3. The number of nitrogens with zero attached hydrogens (tertiary/aromatic N) is 2. The van der Waals surface area contributed by atoms with Gasteiger partial charge in [0.2, 0.25) is 5.82 Å². The van der Waals surface area contributed by atoms with E-state index in [4.69, 9.17) is 4.74 Å². The van der Waals surface area contributed by atoms with Crippen molar-refractivity contribution in [3.63, 3.8) is 0 Å². The van der Waals surface area contributed by atoms with Crippen LogP contribution in [0.3, 0.4) is 0 Å². The van der Waals surface area contributed by atoms with Crippen molar-refractivity contribution >= 4 is 5.78 Å². The first-order valence-electron chi connectivity index (χ1n) is 7.57. The number of ketones is 1. The molecule has 0 saturated carbocycles. The highest BCUT2D eigenvalue weighted by Crippen LogP contribution is 2.29. The number of benzene rings is 2. The number of carbonyl (C=O) groups excluding carboxylic acids is 1. The average Bonchev–Trinajstić information content (AvgIpc) is 3.10. The van der Waals surface area contributed by atoms with Crippen LogP contribution in [-0.2, 0) is 6.18 Å². The fourth-order valence-corrected chi connectivity index (χ4v) is 2.20. The molecule has 0 N–H and O–H groups in total. The summed E-state index contributed by atoms with van der Waals surface area (Å²) < 4.78 is 47.1. The fourth-order valence-electron chi connectivity index (χ4n) is 2.20. The topological polar surface area (TPSA) is 65.2 Å². The number of aromatic nitrogens is 2. The fraction of sp³-hybridized carbons (Fsp3) is 0.167. The first-order chi connectivity index (χ1) is 12.3. The highest BCUT2D eigenvalue weighted by atomic mass is 19.4. The zero-order valence-corrected chi connectivity index (χ0v) is 13.6. The summed E-state index contributed by atoms with van der Waals surface area (Å²) in [5, 5.41) is 3.30. The molecule has 0 saturated heterocycles. The van der Waals surface area contributed by atoms with Crippen LogP contribution in [0.15, 0.2) is 53.1 Å². The van der Waals surface area contributed by atoms with E-state index in [0.717, 1.165) is 5.56 Å². The van der Waals surface area contributed by atoms with E-state index < -0.39 is 12.1 Å². The molecule has 3 rings (SSSR count). The van der Waals surface area contributed by atoms with Gasteiger partial charge in [0.1, 0.15) is 5.75 Å². The highest BCUT2D eigenvalue weighted by molar-refractivity contribution is 5.97. The van der Waals surface area contributed by atoms with Crippen LogP contribution in [0.5, 0.6) is 5.75 Å². The van der Waals surface area contributed by atoms with Crippen molar-refractivity contribution in [1.82, 2.24) is 10.1 Å². The van der Waals surface area contributed by atoms with Crippen LogP contribution in [0.25, 0.3) is 11.4 Å². The van der Waals surface area contributed by atoms with Gasteiger partial charge in [-0.2, -0.15) is 18.2 Å². The van der Waals surface area contributed by atoms with Crippen LogP contribution >= 0.6 is 0 Å². The van der Waals surface area contributed by atoms with Crippen molar-refractivity contribution in [2.75, 3.05) is 6.61 Å². The van der Waals surface area contributed by atoms with Crippen molar-refractivity contribution in [3.8, 4) is 17.1 Å². The Morgan fingerprint density at radius 2 is 1.88 bits per heavy atom. The Hall–Kier alpha value is -3.16. The number of halogens is 3. The van der Waals surface area contributed by atoms with Crippen LogP contribution in [0.4, 0.5) is 13.2 Å². The first kappa shape index (κ1) is 17.7. The largest absolute Gasteiger partial charge is 0.485 e. The lowest BCUT2D eigenvalue weighted by atomic mass is 10.1. The summed E-state index contributed by atoms with van der Waals surface area (Å²) in [5.41, 5.74) is 1.68. The third-order valence-corrected chi connectivity index (χ3v) is 3.49. The summed E-state index contributed by atoms with van der Waals surface area (Å²) in [4.78, 5) is 15.5. The summed E-state index contributed by atoms with van der Waals surface area (Å²) >= 11 is 0. The SMILES string of the molecule is Cc1cccc(OCC(=O)c2ccc(-c3noc(C(F)(F)F)n3)cc2)c1. The van der Waals surface area contributed by atoms with E-state index >= 15 is 0 Å². The van der Waals surface area contributed by atoms with Gasteiger partial charge in [-0.3, -0.25) is 4.79 Å². The molecule has 3 aromatic rings. The van der Waals surface area contributed by atoms with Gasteiger partial charge in [0.05, 0.1) is 0 Å². The second-order valence-corrected chi connectivity index (χ2v) is 5.53.